The fraction of sp³-hybridized carbons (Fsp3) is 0.353. The topological polar surface area (TPSA) is 36.4 Å². The molecule has 1 heterocycles. The summed E-state index contributed by atoms with van der Waals surface area (Å²) < 4.78 is 26.8. The Morgan fingerprint density at radius 1 is 1.17 bits per heavy atom. The Morgan fingerprint density at radius 2 is 2.00 bits per heavy atom. The first-order chi connectivity index (χ1) is 11.1. The molecule has 1 aromatic heterocycles. The first-order valence-corrected chi connectivity index (χ1v) is 8.42. The van der Waals surface area contributed by atoms with E-state index < -0.39 is 11.6 Å². The second-order valence-electron chi connectivity index (χ2n) is 5.10. The maximum absolute atomic E-state index is 13.6. The minimum Gasteiger partial charge on any atom is -0.357 e. The summed E-state index contributed by atoms with van der Waals surface area (Å²) in [4.78, 5) is 6.95. The molecule has 0 saturated heterocycles. The van der Waals surface area contributed by atoms with Gasteiger partial charge in [-0.05, 0) is 44.0 Å². The summed E-state index contributed by atoms with van der Waals surface area (Å²) in [6.45, 7) is 5.87. The quantitative estimate of drug-likeness (QED) is 0.624. The summed E-state index contributed by atoms with van der Waals surface area (Å²) in [7, 11) is 0. The molecule has 1 aromatic carbocycles. The van der Waals surface area contributed by atoms with Gasteiger partial charge in [-0.15, -0.1) is 11.3 Å². The van der Waals surface area contributed by atoms with Gasteiger partial charge < -0.3 is 10.6 Å². The van der Waals surface area contributed by atoms with E-state index in [4.69, 9.17) is 0 Å². The van der Waals surface area contributed by atoms with Crippen LogP contribution in [-0.4, -0.2) is 19.0 Å². The molecule has 2 rings (SSSR count). The molecule has 0 unspecified atom stereocenters. The van der Waals surface area contributed by atoms with Crippen molar-refractivity contribution in [2.45, 2.75) is 26.8 Å². The largest absolute Gasteiger partial charge is 0.357 e. The van der Waals surface area contributed by atoms with Crippen molar-refractivity contribution in [3.05, 3.63) is 57.3 Å². The van der Waals surface area contributed by atoms with Crippen molar-refractivity contribution in [2.24, 2.45) is 4.99 Å². The number of thiophene rings is 1. The van der Waals surface area contributed by atoms with E-state index in [0.29, 0.717) is 31.0 Å². The van der Waals surface area contributed by atoms with Crippen LogP contribution in [0.15, 0.2) is 35.3 Å². The lowest BCUT2D eigenvalue weighted by Gasteiger charge is -2.11. The smallest absolute Gasteiger partial charge is 0.191 e. The lowest BCUT2D eigenvalue weighted by Crippen LogP contribution is -2.38. The van der Waals surface area contributed by atoms with Crippen LogP contribution in [0.3, 0.4) is 0 Å². The van der Waals surface area contributed by atoms with Crippen molar-refractivity contribution in [2.75, 3.05) is 13.1 Å². The van der Waals surface area contributed by atoms with Gasteiger partial charge >= 0.3 is 0 Å². The Hall–Kier alpha value is -1.95. The first kappa shape index (κ1) is 17.4. The standard InChI is InChI=1S/C17H21F2N3S/c1-3-20-17(22-11-14-8-7-12(2)23-14)21-10-9-13-5-4-6-15(18)16(13)19/h4-8H,3,9-11H2,1-2H3,(H2,20,21,22). The third kappa shape index (κ3) is 5.32. The van der Waals surface area contributed by atoms with E-state index in [-0.39, 0.29) is 0 Å². The number of aryl methyl sites for hydroxylation is 1. The molecule has 0 saturated carbocycles. The Morgan fingerprint density at radius 3 is 2.70 bits per heavy atom. The van der Waals surface area contributed by atoms with Gasteiger partial charge in [0, 0.05) is 22.8 Å². The molecular weight excluding hydrogens is 316 g/mol. The number of aliphatic imine (C=N–C) groups is 1. The number of halogens is 2. The van der Waals surface area contributed by atoms with E-state index in [2.05, 4.69) is 34.7 Å². The van der Waals surface area contributed by atoms with E-state index in [0.717, 1.165) is 12.6 Å². The second-order valence-corrected chi connectivity index (χ2v) is 6.47. The summed E-state index contributed by atoms with van der Waals surface area (Å²) in [6, 6.07) is 8.38. The summed E-state index contributed by atoms with van der Waals surface area (Å²) in [5, 5.41) is 6.29. The molecule has 2 aromatic rings. The molecule has 0 aliphatic carbocycles. The van der Waals surface area contributed by atoms with Crippen LogP contribution in [-0.2, 0) is 13.0 Å². The molecule has 0 aliphatic rings. The van der Waals surface area contributed by atoms with Crippen molar-refractivity contribution in [1.82, 2.24) is 10.6 Å². The van der Waals surface area contributed by atoms with Crippen LogP contribution in [0.2, 0.25) is 0 Å². The number of guanidine groups is 1. The van der Waals surface area contributed by atoms with Gasteiger partial charge in [-0.2, -0.15) is 0 Å². The van der Waals surface area contributed by atoms with Gasteiger partial charge in [-0.3, -0.25) is 0 Å². The number of hydrogen-bond donors (Lipinski definition) is 2. The Labute approximate surface area is 139 Å². The molecule has 0 fully saturated rings. The molecule has 0 aliphatic heterocycles. The van der Waals surface area contributed by atoms with Gasteiger partial charge in [0.15, 0.2) is 17.6 Å². The molecule has 23 heavy (non-hydrogen) atoms. The number of nitrogens with zero attached hydrogens (tertiary/aromatic N) is 1. The highest BCUT2D eigenvalue weighted by Gasteiger charge is 2.07. The summed E-state index contributed by atoms with van der Waals surface area (Å²) in [6.07, 6.45) is 0.395. The lowest BCUT2D eigenvalue weighted by molar-refractivity contribution is 0.498. The van der Waals surface area contributed by atoms with Gasteiger partial charge in [0.1, 0.15) is 0 Å². The highest BCUT2D eigenvalue weighted by atomic mass is 32.1. The summed E-state index contributed by atoms with van der Waals surface area (Å²) >= 11 is 1.72. The van der Waals surface area contributed by atoms with E-state index in [1.807, 2.05) is 6.92 Å². The van der Waals surface area contributed by atoms with Gasteiger partial charge in [-0.25, -0.2) is 13.8 Å². The predicted octanol–water partition coefficient (Wildman–Crippen LogP) is 3.63. The zero-order valence-corrected chi connectivity index (χ0v) is 14.1. The average Bonchev–Trinajstić information content (AvgIpc) is 2.94. The second kappa shape index (κ2) is 8.62. The molecule has 0 bridgehead atoms. The van der Waals surface area contributed by atoms with Gasteiger partial charge in [0.05, 0.1) is 6.54 Å². The van der Waals surface area contributed by atoms with Gasteiger partial charge in [0.2, 0.25) is 0 Å². The Kier molecular flexibility index (Phi) is 6.52. The fourth-order valence-corrected chi connectivity index (χ4v) is 2.94. The normalized spacial score (nSPS) is 11.6. The van der Waals surface area contributed by atoms with Crippen LogP contribution in [0.25, 0.3) is 0 Å². The third-order valence-electron chi connectivity index (χ3n) is 3.25. The van der Waals surface area contributed by atoms with Crippen LogP contribution in [0, 0.1) is 18.6 Å². The molecule has 124 valence electrons. The fourth-order valence-electron chi connectivity index (χ4n) is 2.13. The van der Waals surface area contributed by atoms with Crippen molar-refractivity contribution in [1.29, 1.82) is 0 Å². The number of nitrogens with one attached hydrogen (secondary N) is 2. The number of rotatable bonds is 6. The molecular formula is C17H21F2N3S. The Balaban J connectivity index is 1.90. The van der Waals surface area contributed by atoms with Crippen molar-refractivity contribution >= 4 is 17.3 Å². The molecule has 0 radical (unpaired) electrons. The molecule has 3 nitrogen and oxygen atoms in total. The predicted molar refractivity (Wildman–Crippen MR) is 91.9 cm³/mol. The molecule has 0 amide bonds. The highest BCUT2D eigenvalue weighted by molar-refractivity contribution is 7.11. The highest BCUT2D eigenvalue weighted by Crippen LogP contribution is 2.15. The third-order valence-corrected chi connectivity index (χ3v) is 4.24. The van der Waals surface area contributed by atoms with Crippen molar-refractivity contribution in [3.63, 3.8) is 0 Å². The Bertz CT molecular complexity index is 668. The van der Waals surface area contributed by atoms with Crippen LogP contribution < -0.4 is 10.6 Å². The van der Waals surface area contributed by atoms with Crippen molar-refractivity contribution < 1.29 is 8.78 Å². The maximum Gasteiger partial charge on any atom is 0.191 e. The average molecular weight is 337 g/mol. The van der Waals surface area contributed by atoms with Crippen LogP contribution in [0.1, 0.15) is 22.2 Å². The lowest BCUT2D eigenvalue weighted by atomic mass is 10.1. The van der Waals surface area contributed by atoms with Crippen LogP contribution in [0.4, 0.5) is 8.78 Å². The SMILES string of the molecule is CCNC(=NCc1ccc(C)s1)NCCc1cccc(F)c1F. The van der Waals surface area contributed by atoms with Crippen LogP contribution >= 0.6 is 11.3 Å². The number of benzene rings is 1. The van der Waals surface area contributed by atoms with Crippen molar-refractivity contribution in [3.8, 4) is 0 Å². The molecule has 0 spiro atoms. The van der Waals surface area contributed by atoms with Gasteiger partial charge in [-0.1, -0.05) is 12.1 Å². The zero-order chi connectivity index (χ0) is 16.7. The van der Waals surface area contributed by atoms with Crippen LogP contribution in [0.5, 0.6) is 0 Å². The monoisotopic (exact) mass is 337 g/mol. The summed E-state index contributed by atoms with van der Waals surface area (Å²) in [5.74, 6) is -0.906. The molecule has 2 N–H and O–H groups in total. The zero-order valence-electron chi connectivity index (χ0n) is 13.3. The number of hydrogen-bond acceptors (Lipinski definition) is 2. The van der Waals surface area contributed by atoms with E-state index in [1.165, 1.54) is 15.8 Å². The molecule has 6 heteroatoms. The summed E-state index contributed by atoms with van der Waals surface area (Å²) in [5.41, 5.74) is 0.363. The minimum atomic E-state index is -0.809. The van der Waals surface area contributed by atoms with Gasteiger partial charge in [0.25, 0.3) is 0 Å². The molecule has 0 atom stereocenters. The van der Waals surface area contributed by atoms with E-state index >= 15 is 0 Å². The minimum absolute atomic E-state index is 0.363. The maximum atomic E-state index is 13.6. The van der Waals surface area contributed by atoms with E-state index in [9.17, 15) is 8.78 Å². The van der Waals surface area contributed by atoms with E-state index in [1.54, 1.807) is 17.4 Å². The first-order valence-electron chi connectivity index (χ1n) is 7.60.